The SMILES string of the molecule is C/C=C/NC1=NS(=O)N=C1Nc1ccccc1Br. The quantitative estimate of drug-likeness (QED) is 0.876. The molecule has 0 fully saturated rings. The second-order valence-corrected chi connectivity index (χ2v) is 5.04. The van der Waals surface area contributed by atoms with Crippen LogP contribution in [0.3, 0.4) is 0 Å². The maximum Gasteiger partial charge on any atom is 0.269 e. The van der Waals surface area contributed by atoms with Crippen LogP contribution in [0.5, 0.6) is 0 Å². The lowest BCUT2D eigenvalue weighted by Gasteiger charge is -2.08. The number of para-hydroxylation sites is 1. The van der Waals surface area contributed by atoms with Crippen LogP contribution >= 0.6 is 15.9 Å². The molecule has 1 unspecified atom stereocenters. The first-order valence-electron chi connectivity index (χ1n) is 5.19. The van der Waals surface area contributed by atoms with Crippen molar-refractivity contribution in [2.24, 2.45) is 8.80 Å². The second-order valence-electron chi connectivity index (χ2n) is 3.36. The van der Waals surface area contributed by atoms with Crippen LogP contribution < -0.4 is 10.6 Å². The number of anilines is 1. The zero-order chi connectivity index (χ0) is 13.0. The van der Waals surface area contributed by atoms with Crippen LogP contribution in [0.1, 0.15) is 6.92 Å². The van der Waals surface area contributed by atoms with Crippen LogP contribution in [-0.2, 0) is 11.2 Å². The van der Waals surface area contributed by atoms with Gasteiger partial charge in [-0.25, -0.2) is 4.21 Å². The molecule has 1 aromatic rings. The van der Waals surface area contributed by atoms with Gasteiger partial charge < -0.3 is 10.6 Å². The highest BCUT2D eigenvalue weighted by Crippen LogP contribution is 2.21. The van der Waals surface area contributed by atoms with Crippen LogP contribution in [0.25, 0.3) is 0 Å². The molecule has 7 heteroatoms. The molecular weight excluding hydrogens is 316 g/mol. The molecule has 1 heterocycles. The van der Waals surface area contributed by atoms with Crippen molar-refractivity contribution in [3.8, 4) is 0 Å². The number of amidine groups is 2. The van der Waals surface area contributed by atoms with E-state index in [1.165, 1.54) is 0 Å². The van der Waals surface area contributed by atoms with Gasteiger partial charge in [0.15, 0.2) is 11.7 Å². The molecule has 0 saturated heterocycles. The monoisotopic (exact) mass is 326 g/mol. The van der Waals surface area contributed by atoms with E-state index < -0.39 is 11.2 Å². The topological polar surface area (TPSA) is 65.8 Å². The molecule has 0 bridgehead atoms. The molecule has 1 aromatic carbocycles. The van der Waals surface area contributed by atoms with Crippen LogP contribution in [0.2, 0.25) is 0 Å². The minimum Gasteiger partial charge on any atom is -0.343 e. The Balaban J connectivity index is 2.19. The van der Waals surface area contributed by atoms with Gasteiger partial charge in [-0.3, -0.25) is 0 Å². The van der Waals surface area contributed by atoms with Crippen molar-refractivity contribution in [3.63, 3.8) is 0 Å². The van der Waals surface area contributed by atoms with Crippen molar-refractivity contribution in [2.45, 2.75) is 6.92 Å². The first kappa shape index (κ1) is 13.0. The van der Waals surface area contributed by atoms with Crippen molar-refractivity contribution in [1.29, 1.82) is 0 Å². The van der Waals surface area contributed by atoms with Crippen molar-refractivity contribution in [1.82, 2.24) is 5.32 Å². The van der Waals surface area contributed by atoms with Crippen molar-refractivity contribution < 1.29 is 4.21 Å². The molecule has 94 valence electrons. The number of nitrogens with zero attached hydrogens (tertiary/aromatic N) is 2. The third-order valence-electron chi connectivity index (χ3n) is 2.08. The lowest BCUT2D eigenvalue weighted by atomic mass is 10.3. The zero-order valence-electron chi connectivity index (χ0n) is 9.55. The Morgan fingerprint density at radius 2 is 2.00 bits per heavy atom. The first-order chi connectivity index (χ1) is 8.70. The molecule has 1 aliphatic rings. The Labute approximate surface area is 116 Å². The molecule has 1 atom stereocenters. The number of allylic oxidation sites excluding steroid dienone is 1. The van der Waals surface area contributed by atoms with Crippen molar-refractivity contribution in [2.75, 3.05) is 5.32 Å². The average molecular weight is 327 g/mol. The van der Waals surface area contributed by atoms with E-state index in [-0.39, 0.29) is 0 Å². The Kier molecular flexibility index (Phi) is 4.27. The van der Waals surface area contributed by atoms with Crippen LogP contribution in [0, 0.1) is 0 Å². The minimum atomic E-state index is -1.56. The van der Waals surface area contributed by atoms with Crippen LogP contribution in [-0.4, -0.2) is 15.9 Å². The molecule has 5 nitrogen and oxygen atoms in total. The summed E-state index contributed by atoms with van der Waals surface area (Å²) in [5, 5.41) is 6.00. The molecule has 0 aliphatic carbocycles. The summed E-state index contributed by atoms with van der Waals surface area (Å²) in [5.41, 5.74) is 0.838. The van der Waals surface area contributed by atoms with Gasteiger partial charge in [-0.15, -0.1) is 8.80 Å². The molecular formula is C11H11BrN4OS. The summed E-state index contributed by atoms with van der Waals surface area (Å²) in [6.45, 7) is 1.87. The lowest BCUT2D eigenvalue weighted by Crippen LogP contribution is -2.30. The van der Waals surface area contributed by atoms with E-state index in [2.05, 4.69) is 35.4 Å². The summed E-state index contributed by atoms with van der Waals surface area (Å²) in [4.78, 5) is 0. The zero-order valence-corrected chi connectivity index (χ0v) is 12.0. The van der Waals surface area contributed by atoms with E-state index in [0.717, 1.165) is 10.2 Å². The number of hydrogen-bond donors (Lipinski definition) is 2. The number of benzene rings is 1. The van der Waals surface area contributed by atoms with E-state index in [0.29, 0.717) is 11.7 Å². The highest BCUT2D eigenvalue weighted by Gasteiger charge is 2.18. The fourth-order valence-electron chi connectivity index (χ4n) is 1.29. The molecule has 0 radical (unpaired) electrons. The maximum absolute atomic E-state index is 11.3. The second kappa shape index (κ2) is 5.92. The van der Waals surface area contributed by atoms with E-state index in [1.807, 2.05) is 37.3 Å². The first-order valence-corrected chi connectivity index (χ1v) is 7.05. The van der Waals surface area contributed by atoms with Crippen molar-refractivity contribution >= 4 is 44.5 Å². The summed E-state index contributed by atoms with van der Waals surface area (Å²) in [5.74, 6) is 0.917. The van der Waals surface area contributed by atoms with Gasteiger partial charge in [0, 0.05) is 4.47 Å². The molecule has 0 aromatic heterocycles. The fraction of sp³-hybridized carbons (Fsp3) is 0.0909. The summed E-state index contributed by atoms with van der Waals surface area (Å²) in [6.07, 6.45) is 3.53. The Bertz CT molecular complexity index is 568. The molecule has 0 saturated carbocycles. The highest BCUT2D eigenvalue weighted by molar-refractivity contribution is 9.10. The van der Waals surface area contributed by atoms with Gasteiger partial charge in [0.25, 0.3) is 11.2 Å². The predicted molar refractivity (Wildman–Crippen MR) is 78.7 cm³/mol. The Hall–Kier alpha value is -1.47. The van der Waals surface area contributed by atoms with Crippen LogP contribution in [0.15, 0.2) is 49.8 Å². The normalized spacial score (nSPS) is 18.7. The molecule has 18 heavy (non-hydrogen) atoms. The predicted octanol–water partition coefficient (Wildman–Crippen LogP) is 2.37. The van der Waals surface area contributed by atoms with Gasteiger partial charge in [0.2, 0.25) is 0 Å². The van der Waals surface area contributed by atoms with E-state index in [1.54, 1.807) is 6.20 Å². The van der Waals surface area contributed by atoms with E-state index in [9.17, 15) is 4.21 Å². The van der Waals surface area contributed by atoms with E-state index >= 15 is 0 Å². The molecule has 2 rings (SSSR count). The number of nitrogens with one attached hydrogen (secondary N) is 2. The van der Waals surface area contributed by atoms with E-state index in [4.69, 9.17) is 0 Å². The maximum atomic E-state index is 11.3. The molecule has 0 amide bonds. The smallest absolute Gasteiger partial charge is 0.269 e. The average Bonchev–Trinajstić information content (AvgIpc) is 2.70. The van der Waals surface area contributed by atoms with Gasteiger partial charge in [-0.1, -0.05) is 18.2 Å². The Morgan fingerprint density at radius 3 is 2.72 bits per heavy atom. The van der Waals surface area contributed by atoms with Gasteiger partial charge in [-0.05, 0) is 41.2 Å². The van der Waals surface area contributed by atoms with Crippen molar-refractivity contribution in [3.05, 3.63) is 41.0 Å². The van der Waals surface area contributed by atoms with Gasteiger partial charge in [-0.2, -0.15) is 0 Å². The van der Waals surface area contributed by atoms with Crippen LogP contribution in [0.4, 0.5) is 5.69 Å². The summed E-state index contributed by atoms with van der Waals surface area (Å²) in [7, 11) is 0. The molecule has 0 spiro atoms. The fourth-order valence-corrected chi connectivity index (χ4v) is 2.30. The number of rotatable bonds is 2. The summed E-state index contributed by atoms with van der Waals surface area (Å²) >= 11 is 1.86. The molecule has 1 aliphatic heterocycles. The Morgan fingerprint density at radius 1 is 1.28 bits per heavy atom. The number of hydrogen-bond acceptors (Lipinski definition) is 3. The minimum absolute atomic E-state index is 0.457. The highest BCUT2D eigenvalue weighted by atomic mass is 79.9. The summed E-state index contributed by atoms with van der Waals surface area (Å²) in [6, 6.07) is 7.61. The largest absolute Gasteiger partial charge is 0.343 e. The van der Waals surface area contributed by atoms with Gasteiger partial charge in [0.1, 0.15) is 0 Å². The standard InChI is InChI=1S/C11H11BrN4OS/c1-2-7-13-10-11(16-18(17)15-10)14-9-6-4-3-5-8(9)12/h2-7H,1H3,(H,13,15)(H,14,16)/b7-2+. The molecule has 2 N–H and O–H groups in total. The third kappa shape index (κ3) is 3.05. The summed E-state index contributed by atoms with van der Waals surface area (Å²) < 4.78 is 20.0. The lowest BCUT2D eigenvalue weighted by molar-refractivity contribution is 0.686. The third-order valence-corrected chi connectivity index (χ3v) is 3.45. The van der Waals surface area contributed by atoms with Gasteiger partial charge in [0.05, 0.1) is 5.69 Å². The number of halogens is 1. The van der Waals surface area contributed by atoms with Gasteiger partial charge >= 0.3 is 0 Å².